The van der Waals surface area contributed by atoms with E-state index in [0.717, 1.165) is 18.2 Å². The average Bonchev–Trinajstić information content (AvgIpc) is 2.89. The first-order valence-corrected chi connectivity index (χ1v) is 6.18. The topological polar surface area (TPSA) is 71.8 Å². The van der Waals surface area contributed by atoms with Crippen LogP contribution in [0.2, 0.25) is 0 Å². The largest absolute Gasteiger partial charge is 0.338 e. The van der Waals surface area contributed by atoms with E-state index >= 15 is 0 Å². The Labute approximate surface area is 121 Å². The summed E-state index contributed by atoms with van der Waals surface area (Å²) in [6.45, 7) is 0. The van der Waals surface area contributed by atoms with E-state index in [9.17, 15) is 23.3 Å². The third-order valence-electron chi connectivity index (χ3n) is 3.18. The molecule has 0 atom stereocenters. The van der Waals surface area contributed by atoms with Crippen LogP contribution in [-0.2, 0) is 0 Å². The number of nitrogens with zero attached hydrogens (tertiary/aromatic N) is 2. The second-order valence-electron chi connectivity index (χ2n) is 4.58. The van der Waals surface area contributed by atoms with Crippen molar-refractivity contribution < 1.29 is 18.1 Å². The summed E-state index contributed by atoms with van der Waals surface area (Å²) < 4.78 is 39.4. The van der Waals surface area contributed by atoms with Crippen molar-refractivity contribution in [2.75, 3.05) is 0 Å². The molecule has 0 unspecified atom stereocenters. The van der Waals surface area contributed by atoms with Crippen molar-refractivity contribution in [1.29, 1.82) is 0 Å². The van der Waals surface area contributed by atoms with Gasteiger partial charge in [0.1, 0.15) is 11.6 Å². The number of hydrogen-bond donors (Lipinski definition) is 1. The van der Waals surface area contributed by atoms with Gasteiger partial charge in [-0.15, -0.1) is 0 Å². The van der Waals surface area contributed by atoms with Crippen molar-refractivity contribution in [1.82, 2.24) is 9.97 Å². The molecule has 22 heavy (non-hydrogen) atoms. The van der Waals surface area contributed by atoms with Crippen LogP contribution in [0.3, 0.4) is 0 Å². The number of imidazole rings is 1. The maximum atomic E-state index is 13.3. The number of rotatable bonds is 3. The number of non-ortho nitro benzene ring substituents is 1. The van der Waals surface area contributed by atoms with Gasteiger partial charge >= 0.3 is 0 Å². The minimum atomic E-state index is -2.79. The number of nitro groups is 1. The Morgan fingerprint density at radius 3 is 2.64 bits per heavy atom. The highest BCUT2D eigenvalue weighted by Gasteiger charge is 2.18. The molecular weight excluding hydrogens is 299 g/mol. The second-order valence-corrected chi connectivity index (χ2v) is 4.58. The molecule has 3 aromatic rings. The maximum Gasteiger partial charge on any atom is 0.271 e. The number of halogens is 3. The van der Waals surface area contributed by atoms with E-state index in [2.05, 4.69) is 9.97 Å². The molecule has 1 aromatic heterocycles. The van der Waals surface area contributed by atoms with Crippen molar-refractivity contribution >= 4 is 16.7 Å². The molecule has 2 aromatic carbocycles. The predicted octanol–water partition coefficient (Wildman–Crippen LogP) is 4.21. The number of benzene rings is 2. The fourth-order valence-corrected chi connectivity index (χ4v) is 2.16. The summed E-state index contributed by atoms with van der Waals surface area (Å²) in [5, 5.41) is 10.7. The summed E-state index contributed by atoms with van der Waals surface area (Å²) in [6, 6.07) is 6.78. The SMILES string of the molecule is O=[N+]([O-])c1ccc2nc(-c3cc(F)ccc3C(F)F)[nH]c2c1. The lowest BCUT2D eigenvalue weighted by Gasteiger charge is -2.06. The third-order valence-corrected chi connectivity index (χ3v) is 3.18. The van der Waals surface area contributed by atoms with Gasteiger partial charge in [0.05, 0.1) is 16.0 Å². The van der Waals surface area contributed by atoms with Gasteiger partial charge in [-0.25, -0.2) is 18.2 Å². The van der Waals surface area contributed by atoms with E-state index in [1.807, 2.05) is 0 Å². The fourth-order valence-electron chi connectivity index (χ4n) is 2.16. The molecule has 112 valence electrons. The van der Waals surface area contributed by atoms with Gasteiger partial charge in [-0.1, -0.05) is 0 Å². The van der Waals surface area contributed by atoms with E-state index < -0.39 is 17.2 Å². The Balaban J connectivity index is 2.18. The molecule has 0 amide bonds. The van der Waals surface area contributed by atoms with Gasteiger partial charge in [0.2, 0.25) is 0 Å². The number of nitro benzene ring substituents is 1. The van der Waals surface area contributed by atoms with Crippen LogP contribution >= 0.6 is 0 Å². The molecule has 5 nitrogen and oxygen atoms in total. The number of fused-ring (bicyclic) bond motifs is 1. The maximum absolute atomic E-state index is 13.3. The average molecular weight is 307 g/mol. The van der Waals surface area contributed by atoms with Gasteiger partial charge in [-0.05, 0) is 24.3 Å². The Morgan fingerprint density at radius 1 is 1.18 bits per heavy atom. The Morgan fingerprint density at radius 2 is 1.95 bits per heavy atom. The van der Waals surface area contributed by atoms with Crippen LogP contribution in [0.1, 0.15) is 12.0 Å². The van der Waals surface area contributed by atoms with Gasteiger partial charge in [0.15, 0.2) is 0 Å². The molecule has 1 heterocycles. The smallest absolute Gasteiger partial charge is 0.271 e. The predicted molar refractivity (Wildman–Crippen MR) is 73.1 cm³/mol. The Bertz CT molecular complexity index is 877. The summed E-state index contributed by atoms with van der Waals surface area (Å²) in [5.41, 5.74) is 0.0820. The molecule has 0 spiro atoms. The first kappa shape index (κ1) is 14.1. The van der Waals surface area contributed by atoms with Gasteiger partial charge in [0.25, 0.3) is 12.1 Å². The minimum Gasteiger partial charge on any atom is -0.338 e. The number of nitrogens with one attached hydrogen (secondary N) is 1. The quantitative estimate of drug-likeness (QED) is 0.582. The molecule has 0 saturated carbocycles. The van der Waals surface area contributed by atoms with Crippen molar-refractivity contribution in [2.45, 2.75) is 6.43 Å². The molecular formula is C14H8F3N3O2. The zero-order valence-corrected chi connectivity index (χ0v) is 10.9. The number of H-pyrrole nitrogens is 1. The second kappa shape index (κ2) is 5.14. The zero-order chi connectivity index (χ0) is 15.9. The van der Waals surface area contributed by atoms with Crippen LogP contribution < -0.4 is 0 Å². The molecule has 0 fully saturated rings. The molecule has 3 rings (SSSR count). The summed E-state index contributed by atoms with van der Waals surface area (Å²) in [5.74, 6) is -0.642. The van der Waals surface area contributed by atoms with Crippen LogP contribution in [0, 0.1) is 15.9 Å². The van der Waals surface area contributed by atoms with E-state index in [4.69, 9.17) is 0 Å². The molecule has 1 N–H and O–H groups in total. The first-order valence-electron chi connectivity index (χ1n) is 6.18. The highest BCUT2D eigenvalue weighted by molar-refractivity contribution is 5.82. The fraction of sp³-hybridized carbons (Fsp3) is 0.0714. The number of aromatic nitrogens is 2. The van der Waals surface area contributed by atoms with Gasteiger partial charge in [0, 0.05) is 23.3 Å². The first-order chi connectivity index (χ1) is 10.5. The normalized spacial score (nSPS) is 11.3. The Hall–Kier alpha value is -2.90. The summed E-state index contributed by atoms with van der Waals surface area (Å²) in [4.78, 5) is 17.0. The molecule has 0 aliphatic carbocycles. The van der Waals surface area contributed by atoms with E-state index in [1.165, 1.54) is 18.2 Å². The van der Waals surface area contributed by atoms with Crippen LogP contribution in [0.4, 0.5) is 18.9 Å². The van der Waals surface area contributed by atoms with E-state index in [0.29, 0.717) is 11.0 Å². The summed E-state index contributed by atoms with van der Waals surface area (Å²) in [7, 11) is 0. The third kappa shape index (κ3) is 2.39. The van der Waals surface area contributed by atoms with Crippen molar-refractivity contribution in [2.24, 2.45) is 0 Å². The van der Waals surface area contributed by atoms with Crippen LogP contribution in [0.25, 0.3) is 22.4 Å². The molecule has 0 bridgehead atoms. The lowest BCUT2D eigenvalue weighted by Crippen LogP contribution is -1.93. The molecule has 8 heteroatoms. The van der Waals surface area contributed by atoms with Crippen molar-refractivity contribution in [3.05, 3.63) is 57.9 Å². The Kier molecular flexibility index (Phi) is 3.28. The lowest BCUT2D eigenvalue weighted by atomic mass is 10.1. The van der Waals surface area contributed by atoms with Crippen LogP contribution in [0.15, 0.2) is 36.4 Å². The van der Waals surface area contributed by atoms with E-state index in [1.54, 1.807) is 0 Å². The molecule has 0 radical (unpaired) electrons. The molecule has 0 aliphatic heterocycles. The number of aromatic amines is 1. The highest BCUT2D eigenvalue weighted by atomic mass is 19.3. The lowest BCUT2D eigenvalue weighted by molar-refractivity contribution is -0.384. The zero-order valence-electron chi connectivity index (χ0n) is 10.9. The summed E-state index contributed by atoms with van der Waals surface area (Å²) >= 11 is 0. The monoisotopic (exact) mass is 307 g/mol. The highest BCUT2D eigenvalue weighted by Crippen LogP contribution is 2.32. The van der Waals surface area contributed by atoms with Gasteiger partial charge in [-0.3, -0.25) is 10.1 Å². The molecule has 0 aliphatic rings. The van der Waals surface area contributed by atoms with Gasteiger partial charge < -0.3 is 4.98 Å². The standard InChI is InChI=1S/C14H8F3N3O2/c15-7-1-3-9(13(16)17)10(5-7)14-18-11-4-2-8(20(21)22)6-12(11)19-14/h1-6,13H,(H,18,19). The van der Waals surface area contributed by atoms with Crippen LogP contribution in [0.5, 0.6) is 0 Å². The molecule has 0 saturated heterocycles. The van der Waals surface area contributed by atoms with E-state index in [-0.39, 0.29) is 22.6 Å². The number of alkyl halides is 2. The minimum absolute atomic E-state index is 0.0327. The van der Waals surface area contributed by atoms with Crippen molar-refractivity contribution in [3.8, 4) is 11.4 Å². The van der Waals surface area contributed by atoms with Crippen LogP contribution in [-0.4, -0.2) is 14.9 Å². The van der Waals surface area contributed by atoms with Crippen molar-refractivity contribution in [3.63, 3.8) is 0 Å². The van der Waals surface area contributed by atoms with Gasteiger partial charge in [-0.2, -0.15) is 0 Å². The summed E-state index contributed by atoms with van der Waals surface area (Å²) in [6.07, 6.45) is -2.79. The number of hydrogen-bond acceptors (Lipinski definition) is 3.